The van der Waals surface area contributed by atoms with E-state index in [0.717, 1.165) is 17.8 Å². The molecule has 3 rings (SSSR count). The number of aryl methyl sites for hydroxylation is 1. The van der Waals surface area contributed by atoms with Gasteiger partial charge in [0.2, 0.25) is 11.7 Å². The summed E-state index contributed by atoms with van der Waals surface area (Å²) in [5.74, 6) is 3.16. The molecular weight excluding hydrogens is 296 g/mol. The van der Waals surface area contributed by atoms with E-state index in [9.17, 15) is 0 Å². The first-order valence-electron chi connectivity index (χ1n) is 7.30. The minimum absolute atomic E-state index is 0.467. The molecule has 120 valence electrons. The summed E-state index contributed by atoms with van der Waals surface area (Å²) < 4.78 is 18.1. The highest BCUT2D eigenvalue weighted by atomic mass is 16.5. The van der Waals surface area contributed by atoms with Gasteiger partial charge in [-0.1, -0.05) is 18.1 Å². The lowest BCUT2D eigenvalue weighted by Crippen LogP contribution is -2.03. The van der Waals surface area contributed by atoms with E-state index < -0.39 is 0 Å². The van der Waals surface area contributed by atoms with Crippen LogP contribution in [0.15, 0.2) is 35.1 Å². The molecule has 7 nitrogen and oxygen atoms in total. The second-order valence-electron chi connectivity index (χ2n) is 4.88. The Morgan fingerprint density at radius 3 is 2.83 bits per heavy atom. The van der Waals surface area contributed by atoms with Crippen molar-refractivity contribution in [3.8, 4) is 22.9 Å². The number of methoxy groups -OCH3 is 2. The van der Waals surface area contributed by atoms with Gasteiger partial charge in [-0.25, -0.2) is 4.98 Å². The van der Waals surface area contributed by atoms with E-state index in [-0.39, 0.29) is 0 Å². The second kappa shape index (κ2) is 6.51. The van der Waals surface area contributed by atoms with Crippen molar-refractivity contribution in [2.24, 2.45) is 0 Å². The maximum Gasteiger partial charge on any atom is 0.246 e. The molecule has 0 spiro atoms. The molecule has 0 N–H and O–H groups in total. The molecule has 0 bridgehead atoms. The Hall–Kier alpha value is -2.83. The number of rotatable bonds is 6. The first-order valence-corrected chi connectivity index (χ1v) is 7.30. The fraction of sp³-hybridized carbons (Fsp3) is 0.312. The predicted octanol–water partition coefficient (Wildman–Crippen LogP) is 2.56. The largest absolute Gasteiger partial charge is 0.493 e. The third-order valence-corrected chi connectivity index (χ3v) is 3.54. The third-order valence-electron chi connectivity index (χ3n) is 3.54. The fourth-order valence-electron chi connectivity index (χ4n) is 2.44. The normalized spacial score (nSPS) is 10.7. The molecule has 0 fully saturated rings. The van der Waals surface area contributed by atoms with Gasteiger partial charge in [0.1, 0.15) is 12.4 Å². The molecule has 1 aromatic carbocycles. The maximum absolute atomic E-state index is 5.41. The average Bonchev–Trinajstić information content (AvgIpc) is 3.23. The van der Waals surface area contributed by atoms with E-state index in [0.29, 0.717) is 29.8 Å². The molecule has 0 saturated carbocycles. The van der Waals surface area contributed by atoms with E-state index >= 15 is 0 Å². The highest BCUT2D eigenvalue weighted by Crippen LogP contribution is 2.36. The van der Waals surface area contributed by atoms with E-state index in [1.165, 1.54) is 0 Å². The first kappa shape index (κ1) is 15.1. The first-order chi connectivity index (χ1) is 11.3. The molecule has 0 atom stereocenters. The summed E-state index contributed by atoms with van der Waals surface area (Å²) in [6, 6.07) is 5.55. The summed E-state index contributed by atoms with van der Waals surface area (Å²) in [7, 11) is 3.18. The molecule has 3 aromatic rings. The van der Waals surface area contributed by atoms with E-state index in [4.69, 9.17) is 14.0 Å². The Kier molecular flexibility index (Phi) is 4.27. The van der Waals surface area contributed by atoms with Crippen molar-refractivity contribution in [2.75, 3.05) is 14.2 Å². The molecule has 23 heavy (non-hydrogen) atoms. The minimum Gasteiger partial charge on any atom is -0.493 e. The van der Waals surface area contributed by atoms with Gasteiger partial charge in [-0.15, -0.1) is 0 Å². The molecule has 7 heteroatoms. The molecule has 2 heterocycles. The van der Waals surface area contributed by atoms with Crippen molar-refractivity contribution in [3.05, 3.63) is 42.3 Å². The number of para-hydroxylation sites is 1. The Morgan fingerprint density at radius 2 is 2.09 bits per heavy atom. The maximum atomic E-state index is 5.41. The van der Waals surface area contributed by atoms with Crippen LogP contribution >= 0.6 is 0 Å². The van der Waals surface area contributed by atoms with Gasteiger partial charge in [0, 0.05) is 18.8 Å². The van der Waals surface area contributed by atoms with Crippen molar-refractivity contribution in [1.82, 2.24) is 19.7 Å². The monoisotopic (exact) mass is 314 g/mol. The number of hydrogen-bond donors (Lipinski definition) is 0. The lowest BCUT2D eigenvalue weighted by atomic mass is 10.1. The molecule has 0 amide bonds. The van der Waals surface area contributed by atoms with Gasteiger partial charge < -0.3 is 18.6 Å². The van der Waals surface area contributed by atoms with Crippen molar-refractivity contribution in [2.45, 2.75) is 19.9 Å². The van der Waals surface area contributed by atoms with Crippen LogP contribution < -0.4 is 9.47 Å². The third kappa shape index (κ3) is 2.90. The van der Waals surface area contributed by atoms with Crippen molar-refractivity contribution in [3.63, 3.8) is 0 Å². The lowest BCUT2D eigenvalue weighted by molar-refractivity contribution is 0.354. The summed E-state index contributed by atoms with van der Waals surface area (Å²) in [4.78, 5) is 8.74. The molecule has 0 unspecified atom stereocenters. The van der Waals surface area contributed by atoms with Crippen LogP contribution in [0.5, 0.6) is 11.5 Å². The van der Waals surface area contributed by atoms with E-state index in [1.54, 1.807) is 20.4 Å². The van der Waals surface area contributed by atoms with Crippen LogP contribution in [0.4, 0.5) is 0 Å². The molecular formula is C16H18N4O3. The zero-order chi connectivity index (χ0) is 16.2. The predicted molar refractivity (Wildman–Crippen MR) is 83.5 cm³/mol. The van der Waals surface area contributed by atoms with Gasteiger partial charge in [0.25, 0.3) is 0 Å². The summed E-state index contributed by atoms with van der Waals surface area (Å²) in [6.07, 6.45) is 4.51. The zero-order valence-electron chi connectivity index (χ0n) is 13.3. The van der Waals surface area contributed by atoms with Crippen molar-refractivity contribution < 1.29 is 14.0 Å². The van der Waals surface area contributed by atoms with Crippen molar-refractivity contribution in [1.29, 1.82) is 0 Å². The van der Waals surface area contributed by atoms with Crippen molar-refractivity contribution >= 4 is 0 Å². The molecule has 2 aromatic heterocycles. The smallest absolute Gasteiger partial charge is 0.246 e. The standard InChI is InChI=1S/C16H18N4O3/c1-4-13-17-8-9-20(13)10-14-18-16(19-23-14)11-6-5-7-12(21-2)15(11)22-3/h5-9H,4,10H2,1-3H3. The van der Waals surface area contributed by atoms with E-state index in [1.807, 2.05) is 29.0 Å². The average molecular weight is 314 g/mol. The second-order valence-corrected chi connectivity index (χ2v) is 4.88. The van der Waals surface area contributed by atoms with Gasteiger partial charge in [-0.05, 0) is 12.1 Å². The summed E-state index contributed by atoms with van der Waals surface area (Å²) >= 11 is 0. The highest BCUT2D eigenvalue weighted by Gasteiger charge is 2.17. The van der Waals surface area contributed by atoms with Gasteiger partial charge in [0.05, 0.1) is 19.8 Å². The van der Waals surface area contributed by atoms with Gasteiger partial charge >= 0.3 is 0 Å². The van der Waals surface area contributed by atoms with Crippen LogP contribution in [0.1, 0.15) is 18.6 Å². The molecule has 0 aliphatic rings. The quantitative estimate of drug-likeness (QED) is 0.696. The number of hydrogen-bond acceptors (Lipinski definition) is 6. The van der Waals surface area contributed by atoms with Crippen LogP contribution in [-0.4, -0.2) is 33.9 Å². The Morgan fingerprint density at radius 1 is 1.22 bits per heavy atom. The Labute approximate surface area is 133 Å². The highest BCUT2D eigenvalue weighted by molar-refractivity contribution is 5.68. The Balaban J connectivity index is 1.91. The van der Waals surface area contributed by atoms with Gasteiger partial charge in [-0.2, -0.15) is 4.98 Å². The summed E-state index contributed by atoms with van der Waals surface area (Å²) in [5.41, 5.74) is 0.725. The zero-order valence-corrected chi connectivity index (χ0v) is 13.3. The summed E-state index contributed by atoms with van der Waals surface area (Å²) in [5, 5.41) is 4.05. The SMILES string of the molecule is CCc1nccn1Cc1nc(-c2cccc(OC)c2OC)no1. The number of aromatic nitrogens is 4. The molecule has 0 aliphatic carbocycles. The van der Waals surface area contributed by atoms with Crippen LogP contribution in [0.3, 0.4) is 0 Å². The van der Waals surface area contributed by atoms with Crippen LogP contribution in [0.2, 0.25) is 0 Å². The topological polar surface area (TPSA) is 75.2 Å². The van der Waals surface area contributed by atoms with Crippen LogP contribution in [0.25, 0.3) is 11.4 Å². The van der Waals surface area contributed by atoms with E-state index in [2.05, 4.69) is 22.0 Å². The molecule has 0 saturated heterocycles. The lowest BCUT2D eigenvalue weighted by Gasteiger charge is -2.09. The molecule has 0 radical (unpaired) electrons. The number of nitrogens with zero attached hydrogens (tertiary/aromatic N) is 4. The van der Waals surface area contributed by atoms with Gasteiger partial charge in [-0.3, -0.25) is 0 Å². The number of ether oxygens (including phenoxy) is 2. The fourth-order valence-corrected chi connectivity index (χ4v) is 2.44. The molecule has 0 aliphatic heterocycles. The summed E-state index contributed by atoms with van der Waals surface area (Å²) in [6.45, 7) is 2.54. The Bertz CT molecular complexity index is 794. The number of imidazole rings is 1. The number of benzene rings is 1. The van der Waals surface area contributed by atoms with Crippen LogP contribution in [0, 0.1) is 0 Å². The van der Waals surface area contributed by atoms with Gasteiger partial charge in [0.15, 0.2) is 11.5 Å². The van der Waals surface area contributed by atoms with Crippen LogP contribution in [-0.2, 0) is 13.0 Å². The minimum atomic E-state index is 0.467.